The van der Waals surface area contributed by atoms with Gasteiger partial charge in [0.25, 0.3) is 0 Å². The highest BCUT2D eigenvalue weighted by molar-refractivity contribution is 5.91. The molecule has 1 aliphatic carbocycles. The van der Waals surface area contributed by atoms with Crippen LogP contribution in [0.15, 0.2) is 0 Å². The Kier molecular flexibility index (Phi) is 3.80. The molecule has 1 aliphatic rings. The fourth-order valence-corrected chi connectivity index (χ4v) is 2.26. The Balaban J connectivity index is 2.52. The molecule has 0 aliphatic heterocycles. The van der Waals surface area contributed by atoms with Gasteiger partial charge in [-0.25, -0.2) is 0 Å². The van der Waals surface area contributed by atoms with Gasteiger partial charge >= 0.3 is 5.97 Å². The fourth-order valence-electron chi connectivity index (χ4n) is 2.26. The third-order valence-corrected chi connectivity index (χ3v) is 4.44. The van der Waals surface area contributed by atoms with Crippen molar-refractivity contribution < 1.29 is 14.7 Å². The molecule has 0 saturated heterocycles. The highest BCUT2D eigenvalue weighted by Gasteiger charge is 2.65. The Morgan fingerprint density at radius 1 is 1.28 bits per heavy atom. The van der Waals surface area contributed by atoms with Crippen LogP contribution in [0.2, 0.25) is 0 Å². The zero-order chi connectivity index (χ0) is 14.3. The molecule has 1 fully saturated rings. The van der Waals surface area contributed by atoms with Crippen molar-refractivity contribution >= 4 is 11.9 Å². The number of rotatable bonds is 4. The smallest absolute Gasteiger partial charge is 0.307 e. The first kappa shape index (κ1) is 15.0. The molecule has 0 radical (unpaired) electrons. The third-order valence-electron chi connectivity index (χ3n) is 4.44. The lowest BCUT2D eigenvalue weighted by Crippen LogP contribution is -2.35. The summed E-state index contributed by atoms with van der Waals surface area (Å²) in [7, 11) is 0. The number of aliphatic carboxylic acids is 1. The molecule has 4 nitrogen and oxygen atoms in total. The SMILES string of the molecule is CC(CNC(=O)[C@H]1[C@@H](C(=O)O)C1(C)C)C(C)(C)C. The first-order chi connectivity index (χ1) is 7.99. The molecule has 3 atom stereocenters. The molecule has 0 bridgehead atoms. The molecule has 0 aromatic carbocycles. The second kappa shape index (κ2) is 4.56. The highest BCUT2D eigenvalue weighted by Crippen LogP contribution is 2.58. The molecule has 104 valence electrons. The number of amides is 1. The lowest BCUT2D eigenvalue weighted by atomic mass is 9.82. The van der Waals surface area contributed by atoms with Crippen molar-refractivity contribution in [2.45, 2.75) is 41.5 Å². The standard InChI is InChI=1S/C14H25NO3/c1-8(13(2,3)4)7-15-11(16)9-10(12(17)18)14(9,5)6/h8-10H,7H2,1-6H3,(H,15,16)(H,17,18)/t8?,9-,10+/m1/s1. The maximum absolute atomic E-state index is 12.0. The van der Waals surface area contributed by atoms with E-state index in [0.29, 0.717) is 12.5 Å². The zero-order valence-electron chi connectivity index (χ0n) is 12.2. The van der Waals surface area contributed by atoms with Crippen LogP contribution in [0.3, 0.4) is 0 Å². The highest BCUT2D eigenvalue weighted by atomic mass is 16.4. The minimum absolute atomic E-state index is 0.122. The summed E-state index contributed by atoms with van der Waals surface area (Å²) in [5, 5.41) is 11.9. The molecule has 0 aromatic rings. The predicted molar refractivity (Wildman–Crippen MR) is 70.0 cm³/mol. The van der Waals surface area contributed by atoms with Crippen LogP contribution in [-0.2, 0) is 9.59 Å². The topological polar surface area (TPSA) is 66.4 Å². The van der Waals surface area contributed by atoms with Gasteiger partial charge in [0.2, 0.25) is 5.91 Å². The van der Waals surface area contributed by atoms with E-state index in [0.717, 1.165) is 0 Å². The largest absolute Gasteiger partial charge is 0.481 e. The van der Waals surface area contributed by atoms with Crippen LogP contribution in [0.1, 0.15) is 41.5 Å². The van der Waals surface area contributed by atoms with Crippen molar-refractivity contribution in [1.82, 2.24) is 5.32 Å². The van der Waals surface area contributed by atoms with Crippen molar-refractivity contribution in [3.8, 4) is 0 Å². The van der Waals surface area contributed by atoms with Crippen LogP contribution in [0.25, 0.3) is 0 Å². The second-order valence-corrected chi connectivity index (χ2v) is 7.13. The van der Waals surface area contributed by atoms with Gasteiger partial charge in [0.1, 0.15) is 0 Å². The summed E-state index contributed by atoms with van der Waals surface area (Å²) in [4.78, 5) is 23.0. The lowest BCUT2D eigenvalue weighted by Gasteiger charge is -2.27. The molecule has 1 amide bonds. The number of hydrogen-bond acceptors (Lipinski definition) is 2. The number of carboxylic acid groups (broad SMARTS) is 1. The van der Waals surface area contributed by atoms with E-state index in [1.54, 1.807) is 0 Å². The van der Waals surface area contributed by atoms with Crippen LogP contribution in [0, 0.1) is 28.6 Å². The minimum atomic E-state index is -0.871. The average molecular weight is 255 g/mol. The minimum Gasteiger partial charge on any atom is -0.481 e. The van der Waals surface area contributed by atoms with Gasteiger partial charge in [0.05, 0.1) is 11.8 Å². The summed E-state index contributed by atoms with van der Waals surface area (Å²) in [6.07, 6.45) is 0. The van der Waals surface area contributed by atoms with E-state index in [9.17, 15) is 9.59 Å². The summed E-state index contributed by atoms with van der Waals surface area (Å²) >= 11 is 0. The zero-order valence-corrected chi connectivity index (χ0v) is 12.2. The third kappa shape index (κ3) is 2.85. The quantitative estimate of drug-likeness (QED) is 0.809. The molecule has 0 heterocycles. The molecule has 4 heteroatoms. The van der Waals surface area contributed by atoms with Crippen molar-refractivity contribution in [2.75, 3.05) is 6.54 Å². The van der Waals surface area contributed by atoms with E-state index in [4.69, 9.17) is 5.11 Å². The van der Waals surface area contributed by atoms with Crippen LogP contribution >= 0.6 is 0 Å². The maximum Gasteiger partial charge on any atom is 0.307 e. The van der Waals surface area contributed by atoms with Crippen molar-refractivity contribution in [3.63, 3.8) is 0 Å². The first-order valence-electron chi connectivity index (χ1n) is 6.50. The predicted octanol–water partition coefficient (Wildman–Crippen LogP) is 2.14. The summed E-state index contributed by atoms with van der Waals surface area (Å²) < 4.78 is 0. The summed E-state index contributed by atoms with van der Waals surface area (Å²) in [5.41, 5.74) is -0.278. The van der Waals surface area contributed by atoms with Crippen LogP contribution in [0.5, 0.6) is 0 Å². The number of nitrogens with one attached hydrogen (secondary N) is 1. The van der Waals surface area contributed by atoms with E-state index in [2.05, 4.69) is 33.0 Å². The fraction of sp³-hybridized carbons (Fsp3) is 0.857. The Hall–Kier alpha value is -1.06. The molecular formula is C14H25NO3. The van der Waals surface area contributed by atoms with Gasteiger partial charge in [-0.05, 0) is 16.7 Å². The lowest BCUT2D eigenvalue weighted by molar-refractivity contribution is -0.140. The van der Waals surface area contributed by atoms with E-state index in [1.165, 1.54) is 0 Å². The average Bonchev–Trinajstić information content (AvgIpc) is 2.76. The Labute approximate surface area is 109 Å². The molecule has 0 aromatic heterocycles. The van der Waals surface area contributed by atoms with Crippen LogP contribution < -0.4 is 5.32 Å². The number of carbonyl (C=O) groups is 2. The van der Waals surface area contributed by atoms with E-state index < -0.39 is 17.3 Å². The molecule has 1 rings (SSSR count). The van der Waals surface area contributed by atoms with Gasteiger partial charge in [-0.2, -0.15) is 0 Å². The number of carbonyl (C=O) groups excluding carboxylic acids is 1. The van der Waals surface area contributed by atoms with Gasteiger partial charge < -0.3 is 10.4 Å². The van der Waals surface area contributed by atoms with Crippen molar-refractivity contribution in [3.05, 3.63) is 0 Å². The molecule has 1 unspecified atom stereocenters. The second-order valence-electron chi connectivity index (χ2n) is 7.13. The summed E-state index contributed by atoms with van der Waals surface area (Å²) in [5.74, 6) is -1.57. The molecule has 18 heavy (non-hydrogen) atoms. The van der Waals surface area contributed by atoms with Crippen molar-refractivity contribution in [2.24, 2.45) is 28.6 Å². The van der Waals surface area contributed by atoms with E-state index >= 15 is 0 Å². The van der Waals surface area contributed by atoms with Gasteiger partial charge in [0.15, 0.2) is 0 Å². The molecule has 0 spiro atoms. The molecular weight excluding hydrogens is 230 g/mol. The molecule has 1 saturated carbocycles. The molecule has 2 N–H and O–H groups in total. The summed E-state index contributed by atoms with van der Waals surface area (Å²) in [6, 6.07) is 0. The monoisotopic (exact) mass is 255 g/mol. The van der Waals surface area contributed by atoms with Crippen LogP contribution in [-0.4, -0.2) is 23.5 Å². The first-order valence-corrected chi connectivity index (χ1v) is 6.50. The van der Waals surface area contributed by atoms with Crippen LogP contribution in [0.4, 0.5) is 0 Å². The van der Waals surface area contributed by atoms with E-state index in [-0.39, 0.29) is 17.2 Å². The van der Waals surface area contributed by atoms with Gasteiger partial charge in [-0.3, -0.25) is 9.59 Å². The van der Waals surface area contributed by atoms with Crippen molar-refractivity contribution in [1.29, 1.82) is 0 Å². The Morgan fingerprint density at radius 3 is 2.11 bits per heavy atom. The number of carboxylic acids is 1. The Morgan fingerprint density at radius 2 is 1.78 bits per heavy atom. The maximum atomic E-state index is 12.0. The Bertz CT molecular complexity index is 355. The number of hydrogen-bond donors (Lipinski definition) is 2. The van der Waals surface area contributed by atoms with E-state index in [1.807, 2.05) is 13.8 Å². The normalized spacial score (nSPS) is 27.4. The van der Waals surface area contributed by atoms with Gasteiger partial charge in [0, 0.05) is 6.54 Å². The summed E-state index contributed by atoms with van der Waals surface area (Å²) in [6.45, 7) is 12.8. The van der Waals surface area contributed by atoms with Gasteiger partial charge in [-0.1, -0.05) is 41.5 Å². The van der Waals surface area contributed by atoms with Gasteiger partial charge in [-0.15, -0.1) is 0 Å².